The Morgan fingerprint density at radius 1 is 1.04 bits per heavy atom. The number of nitrogens with zero attached hydrogens (tertiary/aromatic N) is 3. The van der Waals surface area contributed by atoms with Crippen LogP contribution in [0.5, 0.6) is 0 Å². The van der Waals surface area contributed by atoms with Crippen LogP contribution in [0.4, 0.5) is 5.82 Å². The molecule has 0 atom stereocenters. The van der Waals surface area contributed by atoms with Crippen molar-refractivity contribution in [3.05, 3.63) is 71.9 Å². The first-order chi connectivity index (χ1) is 12.9. The standard InChI is InChI=1S/C22H24N4/c1-2-3-5-12-19(15-18-10-6-4-7-11-18)16-23-25-22-21-14-9-8-13-20(21)17-24-26-22/h4,6-11,13-17H,2-3,5,12H2,1H3,(H,25,26)/b19-15-,23-16+. The summed E-state index contributed by atoms with van der Waals surface area (Å²) in [6.45, 7) is 2.22. The lowest BCUT2D eigenvalue weighted by atomic mass is 10.1. The second kappa shape index (κ2) is 9.47. The Balaban J connectivity index is 1.76. The smallest absolute Gasteiger partial charge is 0.176 e. The van der Waals surface area contributed by atoms with E-state index in [2.05, 4.69) is 58.0 Å². The van der Waals surface area contributed by atoms with Gasteiger partial charge in [-0.25, -0.2) is 0 Å². The third-order valence-electron chi connectivity index (χ3n) is 4.19. The zero-order valence-corrected chi connectivity index (χ0v) is 15.1. The predicted molar refractivity (Wildman–Crippen MR) is 110 cm³/mol. The Kier molecular flexibility index (Phi) is 6.48. The Morgan fingerprint density at radius 2 is 1.85 bits per heavy atom. The van der Waals surface area contributed by atoms with E-state index in [4.69, 9.17) is 0 Å². The maximum absolute atomic E-state index is 4.42. The van der Waals surface area contributed by atoms with Gasteiger partial charge in [-0.2, -0.15) is 10.2 Å². The molecule has 0 aliphatic heterocycles. The summed E-state index contributed by atoms with van der Waals surface area (Å²) in [4.78, 5) is 0. The van der Waals surface area contributed by atoms with E-state index in [1.54, 1.807) is 6.20 Å². The summed E-state index contributed by atoms with van der Waals surface area (Å²) < 4.78 is 0. The van der Waals surface area contributed by atoms with Gasteiger partial charge in [0.2, 0.25) is 0 Å². The van der Waals surface area contributed by atoms with Crippen molar-refractivity contribution in [2.24, 2.45) is 5.10 Å². The highest BCUT2D eigenvalue weighted by atomic mass is 15.3. The third kappa shape index (κ3) is 4.99. The molecule has 132 valence electrons. The molecule has 3 aromatic rings. The molecule has 0 spiro atoms. The number of unbranched alkanes of at least 4 members (excludes halogenated alkanes) is 2. The van der Waals surface area contributed by atoms with Gasteiger partial charge in [-0.15, -0.1) is 5.10 Å². The number of aromatic nitrogens is 2. The average Bonchev–Trinajstić information content (AvgIpc) is 2.69. The fourth-order valence-corrected chi connectivity index (χ4v) is 2.80. The van der Waals surface area contributed by atoms with E-state index in [0.29, 0.717) is 5.82 Å². The van der Waals surface area contributed by atoms with E-state index in [0.717, 1.165) is 23.6 Å². The first-order valence-electron chi connectivity index (χ1n) is 9.12. The number of hydrazone groups is 1. The molecule has 0 saturated carbocycles. The highest BCUT2D eigenvalue weighted by molar-refractivity contribution is 5.91. The van der Waals surface area contributed by atoms with E-state index in [9.17, 15) is 0 Å². The van der Waals surface area contributed by atoms with Crippen molar-refractivity contribution in [3.8, 4) is 0 Å². The van der Waals surface area contributed by atoms with Crippen LogP contribution in [-0.4, -0.2) is 16.4 Å². The number of hydrogen-bond acceptors (Lipinski definition) is 4. The first-order valence-corrected chi connectivity index (χ1v) is 9.12. The van der Waals surface area contributed by atoms with Gasteiger partial charge < -0.3 is 0 Å². The molecule has 1 heterocycles. The molecule has 0 unspecified atom stereocenters. The Hall–Kier alpha value is -3.01. The molecule has 0 saturated heterocycles. The summed E-state index contributed by atoms with van der Waals surface area (Å²) in [6, 6.07) is 18.4. The van der Waals surface area contributed by atoms with Crippen LogP contribution in [0.25, 0.3) is 16.8 Å². The highest BCUT2D eigenvalue weighted by Crippen LogP contribution is 2.19. The molecule has 0 amide bonds. The molecule has 0 bridgehead atoms. The fraction of sp³-hybridized carbons (Fsp3) is 0.227. The van der Waals surface area contributed by atoms with E-state index in [-0.39, 0.29) is 0 Å². The SMILES string of the molecule is CCCCCC(=C/c1ccccc1)/C=N/Nc1nncc2ccccc12. The quantitative estimate of drug-likeness (QED) is 0.324. The van der Waals surface area contributed by atoms with Crippen LogP contribution in [0.15, 0.2) is 71.5 Å². The monoisotopic (exact) mass is 344 g/mol. The molecule has 0 fully saturated rings. The van der Waals surface area contributed by atoms with Gasteiger partial charge in [0.15, 0.2) is 5.82 Å². The van der Waals surface area contributed by atoms with Crippen LogP contribution >= 0.6 is 0 Å². The van der Waals surface area contributed by atoms with E-state index in [1.807, 2.05) is 36.5 Å². The minimum atomic E-state index is 0.673. The molecular weight excluding hydrogens is 320 g/mol. The van der Waals surface area contributed by atoms with E-state index >= 15 is 0 Å². The maximum atomic E-state index is 4.42. The van der Waals surface area contributed by atoms with Gasteiger partial charge in [0, 0.05) is 10.8 Å². The molecule has 2 aromatic carbocycles. The summed E-state index contributed by atoms with van der Waals surface area (Å²) in [7, 11) is 0. The molecular formula is C22H24N4. The van der Waals surface area contributed by atoms with Crippen LogP contribution in [-0.2, 0) is 0 Å². The maximum Gasteiger partial charge on any atom is 0.176 e. The predicted octanol–water partition coefficient (Wildman–Crippen LogP) is 5.69. The van der Waals surface area contributed by atoms with E-state index in [1.165, 1.54) is 24.0 Å². The lowest BCUT2D eigenvalue weighted by molar-refractivity contribution is 0.724. The van der Waals surface area contributed by atoms with Gasteiger partial charge in [0.25, 0.3) is 0 Å². The number of allylic oxidation sites excluding steroid dienone is 1. The second-order valence-corrected chi connectivity index (χ2v) is 6.24. The summed E-state index contributed by atoms with van der Waals surface area (Å²) in [5, 5.41) is 14.7. The normalized spacial score (nSPS) is 12.0. The Morgan fingerprint density at radius 3 is 2.69 bits per heavy atom. The van der Waals surface area contributed by atoms with Crippen molar-refractivity contribution in [2.75, 3.05) is 5.43 Å². The lowest BCUT2D eigenvalue weighted by Crippen LogP contribution is -1.97. The topological polar surface area (TPSA) is 50.2 Å². The number of anilines is 1. The number of benzene rings is 2. The molecule has 0 radical (unpaired) electrons. The van der Waals surface area contributed by atoms with Crippen molar-refractivity contribution in [2.45, 2.75) is 32.6 Å². The summed E-state index contributed by atoms with van der Waals surface area (Å²) >= 11 is 0. The molecule has 3 rings (SSSR count). The molecule has 0 aliphatic carbocycles. The van der Waals surface area contributed by atoms with Crippen molar-refractivity contribution >= 4 is 28.9 Å². The molecule has 4 heteroatoms. The third-order valence-corrected chi connectivity index (χ3v) is 4.19. The summed E-state index contributed by atoms with van der Waals surface area (Å²) in [5.74, 6) is 0.673. The zero-order valence-electron chi connectivity index (χ0n) is 15.1. The summed E-state index contributed by atoms with van der Waals surface area (Å²) in [5.41, 5.74) is 5.44. The van der Waals surface area contributed by atoms with Crippen molar-refractivity contribution in [1.29, 1.82) is 0 Å². The molecule has 0 aliphatic rings. The van der Waals surface area contributed by atoms with Gasteiger partial charge in [-0.1, -0.05) is 80.4 Å². The van der Waals surface area contributed by atoms with Crippen LogP contribution in [0.3, 0.4) is 0 Å². The van der Waals surface area contributed by atoms with Gasteiger partial charge >= 0.3 is 0 Å². The zero-order chi connectivity index (χ0) is 18.0. The minimum Gasteiger partial charge on any atom is -0.259 e. The van der Waals surface area contributed by atoms with Crippen molar-refractivity contribution in [1.82, 2.24) is 10.2 Å². The Bertz CT molecular complexity index is 880. The molecule has 1 N–H and O–H groups in total. The van der Waals surface area contributed by atoms with Gasteiger partial charge in [-0.3, -0.25) is 5.43 Å². The van der Waals surface area contributed by atoms with Crippen molar-refractivity contribution in [3.63, 3.8) is 0 Å². The van der Waals surface area contributed by atoms with Gasteiger partial charge in [-0.05, 0) is 24.0 Å². The number of hydrogen-bond donors (Lipinski definition) is 1. The van der Waals surface area contributed by atoms with E-state index < -0.39 is 0 Å². The van der Waals surface area contributed by atoms with Gasteiger partial charge in [0.1, 0.15) is 0 Å². The number of rotatable bonds is 8. The highest BCUT2D eigenvalue weighted by Gasteiger charge is 2.01. The molecule has 4 nitrogen and oxygen atoms in total. The largest absolute Gasteiger partial charge is 0.259 e. The number of nitrogens with one attached hydrogen (secondary N) is 1. The molecule has 26 heavy (non-hydrogen) atoms. The van der Waals surface area contributed by atoms with Crippen LogP contribution in [0, 0.1) is 0 Å². The minimum absolute atomic E-state index is 0.673. The molecule has 1 aromatic heterocycles. The van der Waals surface area contributed by atoms with Crippen LogP contribution in [0.2, 0.25) is 0 Å². The number of fused-ring (bicyclic) bond motifs is 1. The van der Waals surface area contributed by atoms with Crippen molar-refractivity contribution < 1.29 is 0 Å². The van der Waals surface area contributed by atoms with Crippen LogP contribution in [0.1, 0.15) is 38.2 Å². The van der Waals surface area contributed by atoms with Crippen LogP contribution < -0.4 is 5.43 Å². The summed E-state index contributed by atoms with van der Waals surface area (Å²) in [6.07, 6.45) is 10.4. The second-order valence-electron chi connectivity index (χ2n) is 6.24. The first kappa shape index (κ1) is 17.8. The average molecular weight is 344 g/mol. The fourth-order valence-electron chi connectivity index (χ4n) is 2.80. The lowest BCUT2D eigenvalue weighted by Gasteiger charge is -2.05. The Labute approximate surface area is 154 Å². The van der Waals surface area contributed by atoms with Gasteiger partial charge in [0.05, 0.1) is 12.4 Å².